The van der Waals surface area contributed by atoms with E-state index in [4.69, 9.17) is 0 Å². The van der Waals surface area contributed by atoms with Gasteiger partial charge in [-0.3, -0.25) is 0 Å². The van der Waals surface area contributed by atoms with Gasteiger partial charge in [0.1, 0.15) is 0 Å². The van der Waals surface area contributed by atoms with Crippen LogP contribution in [-0.2, 0) is 16.2 Å². The molecule has 0 spiro atoms. The summed E-state index contributed by atoms with van der Waals surface area (Å²) in [6.45, 7) is 35.5. The topological polar surface area (TPSA) is 6.48 Å². The van der Waals surface area contributed by atoms with Crippen molar-refractivity contribution in [3.05, 3.63) is 118 Å². The van der Waals surface area contributed by atoms with Crippen molar-refractivity contribution in [1.29, 1.82) is 0 Å². The van der Waals surface area contributed by atoms with E-state index in [1.165, 1.54) is 67.1 Å². The number of nitrogens with zero attached hydrogens (tertiary/aromatic N) is 2. The molecular weight excluding hydrogens is 639 g/mol. The Bertz CT molecular complexity index is 2050. The minimum atomic E-state index is -0.0290. The molecule has 0 aromatic heterocycles. The van der Waals surface area contributed by atoms with Crippen LogP contribution in [0.2, 0.25) is 0 Å². The van der Waals surface area contributed by atoms with Crippen LogP contribution < -0.4 is 20.7 Å². The normalized spacial score (nSPS) is 20.4. The van der Waals surface area contributed by atoms with Gasteiger partial charge in [0.2, 0.25) is 0 Å². The number of hydrogen-bond acceptors (Lipinski definition) is 2. The van der Waals surface area contributed by atoms with E-state index in [1.807, 2.05) is 0 Å². The highest BCUT2D eigenvalue weighted by atomic mass is 15.2. The predicted molar refractivity (Wildman–Crippen MR) is 234 cm³/mol. The predicted octanol–water partition coefficient (Wildman–Crippen LogP) is 12.5. The average molecular weight is 705 g/mol. The highest BCUT2D eigenvalue weighted by molar-refractivity contribution is 6.95. The zero-order valence-corrected chi connectivity index (χ0v) is 35.6. The summed E-state index contributed by atoms with van der Waals surface area (Å²) < 4.78 is 0. The van der Waals surface area contributed by atoms with Gasteiger partial charge < -0.3 is 9.80 Å². The van der Waals surface area contributed by atoms with Crippen LogP contribution >= 0.6 is 0 Å². The Kier molecular flexibility index (Phi) is 8.80. The molecule has 0 saturated carbocycles. The second kappa shape index (κ2) is 12.4. The van der Waals surface area contributed by atoms with E-state index in [0.29, 0.717) is 5.92 Å². The van der Waals surface area contributed by atoms with Crippen LogP contribution in [0, 0.1) is 16.7 Å². The third-order valence-electron chi connectivity index (χ3n) is 12.5. The molecule has 7 rings (SSSR count). The molecule has 3 heteroatoms. The van der Waals surface area contributed by atoms with Crippen molar-refractivity contribution in [3.8, 4) is 0 Å². The fourth-order valence-electron chi connectivity index (χ4n) is 8.87. The second-order valence-electron chi connectivity index (χ2n) is 21.6. The van der Waals surface area contributed by atoms with Crippen molar-refractivity contribution in [3.63, 3.8) is 0 Å². The molecular formula is C50H65BN2. The Hall–Kier alpha value is -3.72. The lowest BCUT2D eigenvalue weighted by molar-refractivity contribution is 0.286. The molecule has 0 bridgehead atoms. The molecule has 0 fully saturated rings. The molecule has 0 N–H and O–H groups in total. The summed E-state index contributed by atoms with van der Waals surface area (Å²) >= 11 is 0. The first-order valence-electron chi connectivity index (χ1n) is 20.3. The number of benzene rings is 3. The molecule has 3 aromatic carbocycles. The minimum absolute atomic E-state index is 0.0285. The van der Waals surface area contributed by atoms with Gasteiger partial charge in [-0.25, -0.2) is 0 Å². The largest absolute Gasteiger partial charge is 0.339 e. The molecule has 0 saturated heterocycles. The van der Waals surface area contributed by atoms with Crippen LogP contribution in [0.15, 0.2) is 102 Å². The van der Waals surface area contributed by atoms with Crippen molar-refractivity contribution in [2.24, 2.45) is 16.7 Å². The number of hydrogen-bond donors (Lipinski definition) is 0. The summed E-state index contributed by atoms with van der Waals surface area (Å²) in [6.07, 6.45) is 14.6. The standard InChI is InChI=1S/C50H65BN2/c1-46(2,3)32-16-22-37(23-17-32)52-41-28-34(48(7,8)9)20-26-39(41)51-40-27-21-35(49(10,11)12)29-42(40)53(38-24-18-33(19-25-38)47(4,5)6)44-31-36(50(13,14)15)30-43(52)45(44)51/h16-24,26-28,30-31,35,38H,25,29H2,1-15H3/t35?,38-/m1/s1. The first-order chi connectivity index (χ1) is 24.4. The number of anilines is 4. The zero-order valence-electron chi connectivity index (χ0n) is 35.6. The summed E-state index contributed by atoms with van der Waals surface area (Å²) in [5.41, 5.74) is 17.1. The van der Waals surface area contributed by atoms with E-state index in [2.05, 4.69) is 199 Å². The average Bonchev–Trinajstić information content (AvgIpc) is 3.05. The molecule has 2 atom stereocenters. The lowest BCUT2D eigenvalue weighted by atomic mass is 9.32. The van der Waals surface area contributed by atoms with E-state index in [-0.39, 0.29) is 39.8 Å². The third kappa shape index (κ3) is 6.70. The van der Waals surface area contributed by atoms with Crippen molar-refractivity contribution in [2.75, 3.05) is 9.80 Å². The fraction of sp³-hybridized carbons (Fsp3) is 0.480. The van der Waals surface area contributed by atoms with Crippen molar-refractivity contribution < 1.29 is 0 Å². The molecule has 2 nitrogen and oxygen atoms in total. The SMILES string of the molecule is CC(C)(C)C1=CC[C@H](N2C3=C(C=CC(C(C)(C)C)C3)B3c4ccc(C(C)(C)C)cc4N(c4ccc(C(C)(C)C)cc4)c4cc(C(C)(C)C)cc2c43)C=C1. The molecule has 0 amide bonds. The van der Waals surface area contributed by atoms with E-state index in [0.717, 1.165) is 12.8 Å². The van der Waals surface area contributed by atoms with Gasteiger partial charge in [-0.1, -0.05) is 159 Å². The van der Waals surface area contributed by atoms with Crippen molar-refractivity contribution >= 4 is 40.4 Å². The number of allylic oxidation sites excluding steroid dienone is 6. The third-order valence-corrected chi connectivity index (χ3v) is 12.5. The van der Waals surface area contributed by atoms with Gasteiger partial charge in [0.25, 0.3) is 6.71 Å². The van der Waals surface area contributed by atoms with Gasteiger partial charge in [-0.05, 0) is 115 Å². The van der Waals surface area contributed by atoms with Gasteiger partial charge in [-0.15, -0.1) is 0 Å². The van der Waals surface area contributed by atoms with E-state index < -0.39 is 0 Å². The van der Waals surface area contributed by atoms with E-state index in [1.54, 1.807) is 0 Å². The molecule has 2 aliphatic carbocycles. The molecule has 4 aliphatic rings. The maximum atomic E-state index is 2.80. The van der Waals surface area contributed by atoms with Crippen LogP contribution in [0.5, 0.6) is 0 Å². The molecule has 278 valence electrons. The highest BCUT2D eigenvalue weighted by Gasteiger charge is 2.47. The van der Waals surface area contributed by atoms with Gasteiger partial charge in [0.05, 0.1) is 6.04 Å². The van der Waals surface area contributed by atoms with Crippen LogP contribution in [0.1, 0.15) is 133 Å². The molecule has 2 heterocycles. The zero-order chi connectivity index (χ0) is 38.6. The summed E-state index contributed by atoms with van der Waals surface area (Å²) in [6, 6.07) is 22.2. The molecule has 53 heavy (non-hydrogen) atoms. The second-order valence-corrected chi connectivity index (χ2v) is 21.6. The lowest BCUT2D eigenvalue weighted by Gasteiger charge is -2.50. The van der Waals surface area contributed by atoms with Gasteiger partial charge in [-0.2, -0.15) is 0 Å². The Morgan fingerprint density at radius 1 is 0.585 bits per heavy atom. The Morgan fingerprint density at radius 3 is 1.72 bits per heavy atom. The molecule has 1 unspecified atom stereocenters. The smallest absolute Gasteiger partial charge is 0.251 e. The quantitative estimate of drug-likeness (QED) is 0.245. The van der Waals surface area contributed by atoms with Crippen molar-refractivity contribution in [2.45, 2.75) is 139 Å². The molecule has 0 radical (unpaired) electrons. The fourth-order valence-corrected chi connectivity index (χ4v) is 8.87. The Morgan fingerprint density at radius 2 is 1.17 bits per heavy atom. The van der Waals surface area contributed by atoms with E-state index in [9.17, 15) is 0 Å². The highest BCUT2D eigenvalue weighted by Crippen LogP contribution is 2.49. The number of rotatable bonds is 2. The van der Waals surface area contributed by atoms with Crippen LogP contribution in [0.25, 0.3) is 0 Å². The van der Waals surface area contributed by atoms with Gasteiger partial charge >= 0.3 is 0 Å². The minimum Gasteiger partial charge on any atom is -0.339 e. The van der Waals surface area contributed by atoms with Crippen LogP contribution in [0.3, 0.4) is 0 Å². The summed E-state index contributed by atoms with van der Waals surface area (Å²) in [5, 5.41) is 0. The first-order valence-corrected chi connectivity index (χ1v) is 20.3. The lowest BCUT2D eigenvalue weighted by Crippen LogP contribution is -2.58. The summed E-state index contributed by atoms with van der Waals surface area (Å²) in [5.74, 6) is 0.466. The first kappa shape index (κ1) is 37.6. The van der Waals surface area contributed by atoms with Gasteiger partial charge in [0.15, 0.2) is 0 Å². The van der Waals surface area contributed by atoms with E-state index >= 15 is 0 Å². The Balaban J connectivity index is 1.55. The van der Waals surface area contributed by atoms with Crippen LogP contribution in [0.4, 0.5) is 22.7 Å². The summed E-state index contributed by atoms with van der Waals surface area (Å²) in [4.78, 5) is 5.41. The van der Waals surface area contributed by atoms with Crippen LogP contribution in [-0.4, -0.2) is 12.8 Å². The monoisotopic (exact) mass is 705 g/mol. The maximum absolute atomic E-state index is 2.80. The van der Waals surface area contributed by atoms with Gasteiger partial charge in [0, 0.05) is 28.4 Å². The molecule has 2 aliphatic heterocycles. The Labute approximate surface area is 323 Å². The maximum Gasteiger partial charge on any atom is 0.251 e. The number of fused-ring (bicyclic) bond motifs is 3. The summed E-state index contributed by atoms with van der Waals surface area (Å²) in [7, 11) is 0. The molecule has 3 aromatic rings. The van der Waals surface area contributed by atoms with Crippen molar-refractivity contribution in [1.82, 2.24) is 0 Å².